The molecule has 134 valence electrons. The number of benzene rings is 1. The van der Waals surface area contributed by atoms with Gasteiger partial charge in [-0.3, -0.25) is 15.1 Å². The molecular formula is C20H21N3O2S. The number of hydrogen-bond acceptors (Lipinski definition) is 5. The number of nitrogens with zero attached hydrogens (tertiary/aromatic N) is 2. The minimum Gasteiger partial charge on any atom is -0.494 e. The Kier molecular flexibility index (Phi) is 5.96. The number of carbonyl (C=O) groups excluding carboxylic acids is 1. The third kappa shape index (κ3) is 4.26. The minimum atomic E-state index is -0.178. The first-order valence-electron chi connectivity index (χ1n) is 8.65. The predicted molar refractivity (Wildman–Crippen MR) is 105 cm³/mol. The van der Waals surface area contributed by atoms with E-state index in [1.165, 1.54) is 16.2 Å². The molecule has 0 bridgehead atoms. The highest BCUT2D eigenvalue weighted by Gasteiger charge is 2.15. The van der Waals surface area contributed by atoms with Gasteiger partial charge in [0.05, 0.1) is 12.3 Å². The van der Waals surface area contributed by atoms with Gasteiger partial charge in [-0.1, -0.05) is 13.3 Å². The highest BCUT2D eigenvalue weighted by molar-refractivity contribution is 7.16. The first-order chi connectivity index (χ1) is 12.7. The Morgan fingerprint density at radius 3 is 2.50 bits per heavy atom. The molecule has 0 unspecified atom stereocenters. The van der Waals surface area contributed by atoms with Gasteiger partial charge in [-0.2, -0.15) is 0 Å². The molecule has 3 rings (SSSR count). The maximum absolute atomic E-state index is 12.4. The highest BCUT2D eigenvalue weighted by Crippen LogP contribution is 2.33. The van der Waals surface area contributed by atoms with Gasteiger partial charge in [-0.15, -0.1) is 11.3 Å². The van der Waals surface area contributed by atoms with E-state index < -0.39 is 0 Å². The predicted octanol–water partition coefficient (Wildman–Crippen LogP) is 4.81. The summed E-state index contributed by atoms with van der Waals surface area (Å²) in [6.45, 7) is 4.74. The summed E-state index contributed by atoms with van der Waals surface area (Å²) in [5.74, 6) is 0.664. The first kappa shape index (κ1) is 18.1. The third-order valence-electron chi connectivity index (χ3n) is 3.78. The lowest BCUT2D eigenvalue weighted by atomic mass is 10.1. The molecule has 1 N–H and O–H groups in total. The summed E-state index contributed by atoms with van der Waals surface area (Å²) in [5, 5.41) is 3.51. The van der Waals surface area contributed by atoms with Crippen molar-refractivity contribution in [3.63, 3.8) is 0 Å². The zero-order chi connectivity index (χ0) is 18.4. The van der Waals surface area contributed by atoms with Gasteiger partial charge >= 0.3 is 0 Å². The Hall–Kier alpha value is -2.73. The zero-order valence-corrected chi connectivity index (χ0v) is 15.7. The van der Waals surface area contributed by atoms with Crippen LogP contribution in [-0.4, -0.2) is 22.5 Å². The first-order valence-corrected chi connectivity index (χ1v) is 9.47. The van der Waals surface area contributed by atoms with E-state index in [4.69, 9.17) is 4.74 Å². The number of rotatable bonds is 7. The molecule has 5 nitrogen and oxygen atoms in total. The number of thiazole rings is 1. The van der Waals surface area contributed by atoms with Gasteiger partial charge in [-0.05, 0) is 49.7 Å². The smallest absolute Gasteiger partial charge is 0.257 e. The Bertz CT molecular complexity index is 861. The molecule has 1 aromatic carbocycles. The van der Waals surface area contributed by atoms with Gasteiger partial charge in [0.2, 0.25) is 0 Å². The van der Waals surface area contributed by atoms with Gasteiger partial charge in [0.25, 0.3) is 5.91 Å². The molecule has 2 heterocycles. The second kappa shape index (κ2) is 8.58. The van der Waals surface area contributed by atoms with E-state index in [0.29, 0.717) is 17.3 Å². The van der Waals surface area contributed by atoms with E-state index in [1.54, 1.807) is 24.5 Å². The number of aryl methyl sites for hydroxylation is 1. The van der Waals surface area contributed by atoms with Crippen molar-refractivity contribution < 1.29 is 9.53 Å². The molecule has 26 heavy (non-hydrogen) atoms. The number of hydrogen-bond donors (Lipinski definition) is 1. The fourth-order valence-corrected chi connectivity index (χ4v) is 3.66. The van der Waals surface area contributed by atoms with E-state index in [2.05, 4.69) is 22.2 Å². The number of nitrogens with one attached hydrogen (secondary N) is 1. The van der Waals surface area contributed by atoms with E-state index in [-0.39, 0.29) is 5.91 Å². The molecule has 0 saturated carbocycles. The summed E-state index contributed by atoms with van der Waals surface area (Å²) in [7, 11) is 0. The van der Waals surface area contributed by atoms with Crippen molar-refractivity contribution in [3.05, 3.63) is 59.2 Å². The van der Waals surface area contributed by atoms with E-state index in [1.807, 2.05) is 31.2 Å². The molecule has 1 amide bonds. The molecule has 6 heteroatoms. The lowest BCUT2D eigenvalue weighted by molar-refractivity contribution is 0.102. The molecule has 0 spiro atoms. The number of carbonyl (C=O) groups is 1. The molecule has 0 aliphatic carbocycles. The highest BCUT2D eigenvalue weighted by atomic mass is 32.1. The van der Waals surface area contributed by atoms with Crippen LogP contribution in [0.1, 0.15) is 35.5 Å². The van der Waals surface area contributed by atoms with Crippen LogP contribution in [0.25, 0.3) is 11.3 Å². The van der Waals surface area contributed by atoms with E-state index in [9.17, 15) is 4.79 Å². The summed E-state index contributed by atoms with van der Waals surface area (Å²) >= 11 is 1.53. The van der Waals surface area contributed by atoms with Crippen molar-refractivity contribution in [2.75, 3.05) is 11.9 Å². The second-order valence-electron chi connectivity index (χ2n) is 5.69. The van der Waals surface area contributed by atoms with Crippen LogP contribution >= 0.6 is 11.3 Å². The van der Waals surface area contributed by atoms with Gasteiger partial charge < -0.3 is 4.74 Å². The van der Waals surface area contributed by atoms with Crippen LogP contribution in [0.2, 0.25) is 0 Å². The summed E-state index contributed by atoms with van der Waals surface area (Å²) in [5.41, 5.74) is 2.51. The Labute approximate surface area is 157 Å². The molecule has 0 radical (unpaired) electrons. The lowest BCUT2D eigenvalue weighted by Gasteiger charge is -2.05. The molecule has 3 aromatic rings. The normalized spacial score (nSPS) is 10.5. The lowest BCUT2D eigenvalue weighted by Crippen LogP contribution is -2.11. The standard InChI is InChI=1S/C20H21N3O2S/c1-3-5-17-18(14-6-8-16(9-7-14)25-4-2)22-20(26-17)23-19(24)15-10-12-21-13-11-15/h6-13H,3-5H2,1-2H3,(H,22,23,24). The Balaban J connectivity index is 1.85. The van der Waals surface area contributed by atoms with Crippen LogP contribution in [0.3, 0.4) is 0 Å². The minimum absolute atomic E-state index is 0.178. The van der Waals surface area contributed by atoms with Gasteiger partial charge in [-0.25, -0.2) is 4.98 Å². The zero-order valence-electron chi connectivity index (χ0n) is 14.9. The Morgan fingerprint density at radius 2 is 1.85 bits per heavy atom. The van der Waals surface area contributed by atoms with Crippen LogP contribution in [0.4, 0.5) is 5.13 Å². The maximum atomic E-state index is 12.4. The summed E-state index contributed by atoms with van der Waals surface area (Å²) in [4.78, 5) is 22.1. The van der Waals surface area contributed by atoms with Crippen molar-refractivity contribution in [2.24, 2.45) is 0 Å². The van der Waals surface area contributed by atoms with Crippen molar-refractivity contribution in [1.82, 2.24) is 9.97 Å². The van der Waals surface area contributed by atoms with Crippen LogP contribution < -0.4 is 10.1 Å². The van der Waals surface area contributed by atoms with Gasteiger partial charge in [0, 0.05) is 28.4 Å². The van der Waals surface area contributed by atoms with Crippen LogP contribution in [0, 0.1) is 0 Å². The van der Waals surface area contributed by atoms with Crippen LogP contribution in [0.5, 0.6) is 5.75 Å². The van der Waals surface area contributed by atoms with Crippen molar-refractivity contribution >= 4 is 22.4 Å². The molecule has 0 atom stereocenters. The molecule has 2 aromatic heterocycles. The quantitative estimate of drug-likeness (QED) is 0.651. The van der Waals surface area contributed by atoms with Gasteiger partial charge in [0.15, 0.2) is 5.13 Å². The van der Waals surface area contributed by atoms with E-state index >= 15 is 0 Å². The fourth-order valence-electron chi connectivity index (χ4n) is 2.58. The average Bonchev–Trinajstić information content (AvgIpc) is 3.06. The van der Waals surface area contributed by atoms with Crippen LogP contribution in [0.15, 0.2) is 48.8 Å². The van der Waals surface area contributed by atoms with E-state index in [0.717, 1.165) is 29.8 Å². The Morgan fingerprint density at radius 1 is 1.12 bits per heavy atom. The molecule has 0 saturated heterocycles. The topological polar surface area (TPSA) is 64.1 Å². The number of pyridine rings is 1. The molecular weight excluding hydrogens is 346 g/mol. The molecule has 0 fully saturated rings. The number of aromatic nitrogens is 2. The largest absolute Gasteiger partial charge is 0.494 e. The fraction of sp³-hybridized carbons (Fsp3) is 0.250. The SMILES string of the molecule is CCCc1sc(NC(=O)c2ccncc2)nc1-c1ccc(OCC)cc1. The van der Waals surface area contributed by atoms with Crippen molar-refractivity contribution in [3.8, 4) is 17.0 Å². The number of anilines is 1. The second-order valence-corrected chi connectivity index (χ2v) is 6.77. The third-order valence-corrected chi connectivity index (χ3v) is 4.81. The van der Waals surface area contributed by atoms with Crippen molar-refractivity contribution in [2.45, 2.75) is 26.7 Å². The monoisotopic (exact) mass is 367 g/mol. The molecule has 0 aliphatic rings. The number of amides is 1. The summed E-state index contributed by atoms with van der Waals surface area (Å²) < 4.78 is 5.50. The molecule has 0 aliphatic heterocycles. The number of ether oxygens (including phenoxy) is 1. The average molecular weight is 367 g/mol. The van der Waals surface area contributed by atoms with Gasteiger partial charge in [0.1, 0.15) is 5.75 Å². The summed E-state index contributed by atoms with van der Waals surface area (Å²) in [6.07, 6.45) is 5.14. The van der Waals surface area contributed by atoms with Crippen LogP contribution in [-0.2, 0) is 6.42 Å². The maximum Gasteiger partial charge on any atom is 0.257 e. The van der Waals surface area contributed by atoms with Crippen molar-refractivity contribution in [1.29, 1.82) is 0 Å². The summed E-state index contributed by atoms with van der Waals surface area (Å²) in [6, 6.07) is 11.3.